The van der Waals surface area contributed by atoms with Crippen LogP contribution in [-0.4, -0.2) is 55.0 Å². The number of carbonyl (C=O) groups excluding carboxylic acids is 1. The first-order valence-electron chi connectivity index (χ1n) is 7.22. The first kappa shape index (κ1) is 19.2. The van der Waals surface area contributed by atoms with Crippen molar-refractivity contribution in [3.8, 4) is 0 Å². The second kappa shape index (κ2) is 7.00. The Morgan fingerprint density at radius 3 is 2.36 bits per heavy atom. The Labute approximate surface area is 141 Å². The van der Waals surface area contributed by atoms with Gasteiger partial charge in [0, 0.05) is 12.1 Å². The molecule has 0 spiro atoms. The van der Waals surface area contributed by atoms with Gasteiger partial charge in [-0.25, -0.2) is 8.42 Å². The molecule has 0 aliphatic carbocycles. The molecule has 1 atom stereocenters. The molecule has 0 radical (unpaired) electrons. The minimum Gasteiger partial charge on any atom is -0.480 e. The van der Waals surface area contributed by atoms with Crippen molar-refractivity contribution in [2.24, 2.45) is 0 Å². The normalized spacial score (nSPS) is 18.9. The molecule has 25 heavy (non-hydrogen) atoms. The molecule has 1 aliphatic rings. The van der Waals surface area contributed by atoms with Crippen LogP contribution in [0.1, 0.15) is 23.2 Å². The highest BCUT2D eigenvalue weighted by Gasteiger charge is 2.39. The minimum atomic E-state index is -4.56. The van der Waals surface area contributed by atoms with Gasteiger partial charge >= 0.3 is 12.1 Å². The van der Waals surface area contributed by atoms with E-state index in [0.29, 0.717) is 6.42 Å². The summed E-state index contributed by atoms with van der Waals surface area (Å²) in [5.41, 5.74) is -0.139. The van der Waals surface area contributed by atoms with E-state index in [1.54, 1.807) is 5.32 Å². The van der Waals surface area contributed by atoms with Crippen LogP contribution in [0.25, 0.3) is 0 Å². The molecule has 0 bridgehead atoms. The van der Waals surface area contributed by atoms with E-state index in [2.05, 4.69) is 0 Å². The summed E-state index contributed by atoms with van der Waals surface area (Å²) in [6.07, 6.45) is -3.94. The lowest BCUT2D eigenvalue weighted by Crippen LogP contribution is -2.40. The molecule has 138 valence electrons. The summed E-state index contributed by atoms with van der Waals surface area (Å²) in [5, 5.41) is 10.8. The van der Waals surface area contributed by atoms with Crippen molar-refractivity contribution in [1.29, 1.82) is 0 Å². The van der Waals surface area contributed by atoms with Gasteiger partial charge in [0.05, 0.1) is 4.90 Å². The molecular weight excluding hydrogens is 365 g/mol. The Morgan fingerprint density at radius 1 is 1.24 bits per heavy atom. The maximum Gasteiger partial charge on any atom is 0.405 e. The number of nitrogens with one attached hydrogen (secondary N) is 1. The summed E-state index contributed by atoms with van der Waals surface area (Å²) in [7, 11) is -4.07. The van der Waals surface area contributed by atoms with Crippen LogP contribution in [0.15, 0.2) is 29.2 Å². The number of carbonyl (C=O) groups is 2. The van der Waals surface area contributed by atoms with E-state index in [4.69, 9.17) is 5.11 Å². The number of sulfonamides is 1. The Kier molecular flexibility index (Phi) is 5.37. The monoisotopic (exact) mass is 380 g/mol. The fourth-order valence-corrected chi connectivity index (χ4v) is 4.12. The number of rotatable bonds is 5. The van der Waals surface area contributed by atoms with Crippen LogP contribution >= 0.6 is 0 Å². The number of halogens is 3. The third-order valence-corrected chi connectivity index (χ3v) is 5.58. The highest BCUT2D eigenvalue weighted by Crippen LogP contribution is 2.26. The van der Waals surface area contributed by atoms with Crippen molar-refractivity contribution in [3.05, 3.63) is 29.8 Å². The van der Waals surface area contributed by atoms with Gasteiger partial charge < -0.3 is 10.4 Å². The number of carboxylic acids is 1. The topological polar surface area (TPSA) is 104 Å². The zero-order valence-corrected chi connectivity index (χ0v) is 13.6. The number of nitrogens with zero attached hydrogens (tertiary/aromatic N) is 1. The van der Waals surface area contributed by atoms with E-state index in [-0.39, 0.29) is 23.4 Å². The van der Waals surface area contributed by atoms with Crippen LogP contribution in [0, 0.1) is 0 Å². The van der Waals surface area contributed by atoms with Gasteiger partial charge in [-0.2, -0.15) is 17.5 Å². The number of aliphatic carboxylic acids is 1. The number of benzene rings is 1. The lowest BCUT2D eigenvalue weighted by molar-refractivity contribution is -0.140. The summed E-state index contributed by atoms with van der Waals surface area (Å²) in [5.74, 6) is -2.24. The molecule has 7 nitrogen and oxygen atoms in total. The van der Waals surface area contributed by atoms with Gasteiger partial charge in [0.15, 0.2) is 0 Å². The van der Waals surface area contributed by atoms with Crippen molar-refractivity contribution >= 4 is 21.9 Å². The average Bonchev–Trinajstić information content (AvgIpc) is 3.02. The van der Waals surface area contributed by atoms with Gasteiger partial charge in [-0.1, -0.05) is 0 Å². The van der Waals surface area contributed by atoms with Crippen LogP contribution in [0.5, 0.6) is 0 Å². The Hall–Kier alpha value is -2.14. The van der Waals surface area contributed by atoms with Gasteiger partial charge in [0.2, 0.25) is 10.0 Å². The lowest BCUT2D eigenvalue weighted by Gasteiger charge is -2.21. The Bertz CT molecular complexity index is 762. The van der Waals surface area contributed by atoms with Crippen LogP contribution in [0.2, 0.25) is 0 Å². The van der Waals surface area contributed by atoms with Crippen molar-refractivity contribution in [2.45, 2.75) is 30.0 Å². The van der Waals surface area contributed by atoms with Crippen LogP contribution in [0.3, 0.4) is 0 Å². The first-order valence-corrected chi connectivity index (χ1v) is 8.66. The zero-order chi connectivity index (χ0) is 18.8. The zero-order valence-electron chi connectivity index (χ0n) is 12.8. The number of carboxylic acid groups (broad SMARTS) is 1. The third-order valence-electron chi connectivity index (χ3n) is 3.66. The van der Waals surface area contributed by atoms with E-state index in [1.807, 2.05) is 0 Å². The molecule has 11 heteroatoms. The van der Waals surface area contributed by atoms with Crippen molar-refractivity contribution in [2.75, 3.05) is 13.1 Å². The lowest BCUT2D eigenvalue weighted by atomic mass is 10.2. The Balaban J connectivity index is 2.16. The van der Waals surface area contributed by atoms with Crippen molar-refractivity contribution < 1.29 is 36.3 Å². The van der Waals surface area contributed by atoms with Crippen LogP contribution in [0.4, 0.5) is 13.2 Å². The van der Waals surface area contributed by atoms with Gasteiger partial charge in [0.1, 0.15) is 12.6 Å². The molecule has 1 aromatic rings. The molecule has 2 rings (SSSR count). The molecule has 2 N–H and O–H groups in total. The van der Waals surface area contributed by atoms with E-state index in [9.17, 15) is 31.2 Å². The van der Waals surface area contributed by atoms with E-state index >= 15 is 0 Å². The molecule has 1 heterocycles. The summed E-state index contributed by atoms with van der Waals surface area (Å²) >= 11 is 0. The highest BCUT2D eigenvalue weighted by molar-refractivity contribution is 7.89. The number of alkyl halides is 3. The maximum absolute atomic E-state index is 12.5. The molecule has 0 aromatic heterocycles. The predicted molar refractivity (Wildman–Crippen MR) is 79.4 cm³/mol. The Morgan fingerprint density at radius 2 is 1.84 bits per heavy atom. The van der Waals surface area contributed by atoms with Crippen molar-refractivity contribution in [1.82, 2.24) is 9.62 Å². The summed E-state index contributed by atoms with van der Waals surface area (Å²) in [6.45, 7) is -1.44. The summed E-state index contributed by atoms with van der Waals surface area (Å²) in [6, 6.07) is 3.12. The summed E-state index contributed by atoms with van der Waals surface area (Å²) in [4.78, 5) is 22.5. The molecule has 0 saturated carbocycles. The van der Waals surface area contributed by atoms with Gasteiger partial charge in [0.25, 0.3) is 5.91 Å². The first-order chi connectivity index (χ1) is 11.5. The minimum absolute atomic E-state index is 0.0626. The fraction of sp³-hybridized carbons (Fsp3) is 0.429. The van der Waals surface area contributed by atoms with E-state index < -0.39 is 40.7 Å². The molecule has 1 aliphatic heterocycles. The van der Waals surface area contributed by atoms with E-state index in [1.165, 1.54) is 0 Å². The summed E-state index contributed by atoms with van der Waals surface area (Å²) < 4.78 is 62.1. The van der Waals surface area contributed by atoms with Crippen LogP contribution in [-0.2, 0) is 14.8 Å². The van der Waals surface area contributed by atoms with Crippen molar-refractivity contribution in [3.63, 3.8) is 0 Å². The molecule has 1 aromatic carbocycles. The molecule has 1 saturated heterocycles. The number of hydrogen-bond donors (Lipinski definition) is 2. The third kappa shape index (κ3) is 4.48. The van der Waals surface area contributed by atoms with E-state index in [0.717, 1.165) is 28.6 Å². The highest BCUT2D eigenvalue weighted by atomic mass is 32.2. The number of hydrogen-bond acceptors (Lipinski definition) is 4. The quantitative estimate of drug-likeness (QED) is 0.799. The standard InChI is InChI=1S/C14H15F3N2O5S/c15-14(16,17)8-18-12(20)9-3-5-10(6-4-9)25(23,24)19-7-1-2-11(19)13(21)22/h3-6,11H,1-2,7-8H2,(H,18,20)(H,21,22)/t11-/m1/s1. The molecular formula is C14H15F3N2O5S. The van der Waals surface area contributed by atoms with Gasteiger partial charge in [-0.3, -0.25) is 9.59 Å². The molecule has 0 unspecified atom stereocenters. The van der Waals surface area contributed by atoms with Gasteiger partial charge in [-0.15, -0.1) is 0 Å². The predicted octanol–water partition coefficient (Wildman–Crippen LogP) is 1.22. The molecule has 1 fully saturated rings. The second-order valence-corrected chi connectivity index (χ2v) is 7.32. The SMILES string of the molecule is O=C(NCC(F)(F)F)c1ccc(S(=O)(=O)N2CCC[C@@H]2C(=O)O)cc1. The number of amides is 1. The average molecular weight is 380 g/mol. The van der Waals surface area contributed by atoms with Crippen LogP contribution < -0.4 is 5.32 Å². The smallest absolute Gasteiger partial charge is 0.405 e. The molecule has 1 amide bonds. The maximum atomic E-state index is 12.5. The van der Waals surface area contributed by atoms with Gasteiger partial charge in [-0.05, 0) is 37.1 Å². The second-order valence-electron chi connectivity index (χ2n) is 5.43. The fourth-order valence-electron chi connectivity index (χ4n) is 2.47. The largest absolute Gasteiger partial charge is 0.480 e.